The summed E-state index contributed by atoms with van der Waals surface area (Å²) < 4.78 is 56.5. The molecule has 3 fully saturated rings. The summed E-state index contributed by atoms with van der Waals surface area (Å²) in [6, 6.07) is 6.47. The number of sulfonamides is 1. The average Bonchev–Trinajstić information content (AvgIpc) is 3.27. The summed E-state index contributed by atoms with van der Waals surface area (Å²) in [5.74, 6) is -1.74. The number of carbonyl (C=O) groups is 1. The maximum Gasteiger partial charge on any atom is 0.244 e. The maximum absolute atomic E-state index is 14.7. The summed E-state index contributed by atoms with van der Waals surface area (Å²) in [5.41, 5.74) is 0.0615. The van der Waals surface area contributed by atoms with Crippen molar-refractivity contribution in [2.24, 2.45) is 5.92 Å². The van der Waals surface area contributed by atoms with Gasteiger partial charge in [-0.15, -0.1) is 11.6 Å². The Balaban J connectivity index is 1.31. The molecule has 2 aliphatic heterocycles. The van der Waals surface area contributed by atoms with Crippen molar-refractivity contribution in [1.82, 2.24) is 14.6 Å². The first kappa shape index (κ1) is 25.3. The Labute approximate surface area is 213 Å². The summed E-state index contributed by atoms with van der Waals surface area (Å²) in [6.45, 7) is 0.821. The number of aromatic nitrogens is 1. The van der Waals surface area contributed by atoms with E-state index in [1.54, 1.807) is 17.0 Å². The van der Waals surface area contributed by atoms with Gasteiger partial charge in [-0.3, -0.25) is 4.79 Å². The topological polar surface area (TPSA) is 103 Å². The molecule has 1 aliphatic carbocycles. The van der Waals surface area contributed by atoms with E-state index < -0.39 is 33.3 Å². The summed E-state index contributed by atoms with van der Waals surface area (Å²) in [6.07, 6.45) is 2.06. The van der Waals surface area contributed by atoms with Crippen LogP contribution in [-0.4, -0.2) is 66.5 Å². The maximum atomic E-state index is 14.7. The number of alkyl halides is 1. The lowest BCUT2D eigenvalue weighted by Gasteiger charge is -2.39. The van der Waals surface area contributed by atoms with Crippen LogP contribution in [0.1, 0.15) is 36.3 Å². The van der Waals surface area contributed by atoms with E-state index in [2.05, 4.69) is 10.3 Å². The number of rotatable bonds is 6. The Hall–Kier alpha value is -2.34. The van der Waals surface area contributed by atoms with Gasteiger partial charge in [-0.25, -0.2) is 22.2 Å². The zero-order chi connectivity index (χ0) is 25.6. The quantitative estimate of drug-likeness (QED) is 0.431. The highest BCUT2D eigenvalue weighted by molar-refractivity contribution is 7.89. The highest BCUT2D eigenvalue weighted by Crippen LogP contribution is 2.36. The normalized spacial score (nSPS) is 27.1. The van der Waals surface area contributed by atoms with E-state index in [4.69, 9.17) is 11.6 Å². The van der Waals surface area contributed by atoms with Gasteiger partial charge >= 0.3 is 0 Å². The molecule has 0 bridgehead atoms. The van der Waals surface area contributed by atoms with Crippen molar-refractivity contribution in [3.05, 3.63) is 53.2 Å². The number of pyridine rings is 1. The lowest BCUT2D eigenvalue weighted by molar-refractivity contribution is -0.119. The van der Waals surface area contributed by atoms with Crippen LogP contribution in [-0.2, 0) is 21.2 Å². The fraction of sp³-hybridized carbons (Fsp3) is 0.500. The van der Waals surface area contributed by atoms with E-state index in [9.17, 15) is 27.1 Å². The van der Waals surface area contributed by atoms with Crippen molar-refractivity contribution in [2.45, 2.75) is 48.1 Å². The fourth-order valence-corrected chi connectivity index (χ4v) is 7.20. The second-order valence-corrected chi connectivity index (χ2v) is 12.1. The van der Waals surface area contributed by atoms with Gasteiger partial charge in [0.1, 0.15) is 11.3 Å². The van der Waals surface area contributed by atoms with Gasteiger partial charge in [0.05, 0.1) is 17.2 Å². The molecule has 3 heterocycles. The van der Waals surface area contributed by atoms with Gasteiger partial charge in [0, 0.05) is 44.1 Å². The van der Waals surface area contributed by atoms with Crippen molar-refractivity contribution in [1.29, 1.82) is 0 Å². The molecule has 36 heavy (non-hydrogen) atoms. The molecule has 8 nitrogen and oxygen atoms in total. The van der Waals surface area contributed by atoms with Crippen LogP contribution in [0.15, 0.2) is 35.4 Å². The van der Waals surface area contributed by atoms with Gasteiger partial charge in [0.15, 0.2) is 11.6 Å². The van der Waals surface area contributed by atoms with Crippen molar-refractivity contribution in [3.8, 4) is 0 Å². The number of nitrogens with one attached hydrogen (secondary N) is 1. The lowest BCUT2D eigenvalue weighted by Crippen LogP contribution is -2.53. The minimum atomic E-state index is -3.90. The van der Waals surface area contributed by atoms with Crippen LogP contribution in [0.3, 0.4) is 0 Å². The third kappa shape index (κ3) is 4.81. The molecule has 2 N–H and O–H groups in total. The third-order valence-electron chi connectivity index (χ3n) is 7.26. The van der Waals surface area contributed by atoms with E-state index in [1.807, 2.05) is 0 Å². The van der Waals surface area contributed by atoms with E-state index in [-0.39, 0.29) is 60.1 Å². The molecule has 194 valence electrons. The Kier molecular flexibility index (Phi) is 6.92. The van der Waals surface area contributed by atoms with Crippen LogP contribution in [0.5, 0.6) is 0 Å². The number of hydrogen-bond acceptors (Lipinski definition) is 6. The largest absolute Gasteiger partial charge is 0.393 e. The van der Waals surface area contributed by atoms with Gasteiger partial charge in [-0.05, 0) is 42.9 Å². The number of aliphatic hydroxyl groups excluding tert-OH is 1. The molecule has 2 unspecified atom stereocenters. The Morgan fingerprint density at radius 3 is 2.50 bits per heavy atom. The SMILES string of the molecule is O=C1CC(c2ccc(S(=O)(=O)N3CCN(c4ncc(F)c(F)c4C[C@H]4C[C@H](O)C4)CC3Cl)cc2)CN1. The molecular formula is C24H27ClF2N4O4S. The number of piperazine rings is 1. The second kappa shape index (κ2) is 9.85. The zero-order valence-corrected chi connectivity index (χ0v) is 21.0. The van der Waals surface area contributed by atoms with Crippen molar-refractivity contribution in [2.75, 3.05) is 31.1 Å². The molecular weight excluding hydrogens is 514 g/mol. The monoisotopic (exact) mass is 540 g/mol. The molecule has 2 atom stereocenters. The van der Waals surface area contributed by atoms with Gasteiger partial charge in [0.25, 0.3) is 0 Å². The van der Waals surface area contributed by atoms with E-state index >= 15 is 0 Å². The summed E-state index contributed by atoms with van der Waals surface area (Å²) in [5, 5.41) is 12.3. The number of hydrogen-bond donors (Lipinski definition) is 2. The summed E-state index contributed by atoms with van der Waals surface area (Å²) in [7, 11) is -3.90. The minimum Gasteiger partial charge on any atom is -0.393 e. The van der Waals surface area contributed by atoms with Crippen LogP contribution >= 0.6 is 11.6 Å². The molecule has 2 saturated heterocycles. The molecule has 1 aromatic carbocycles. The van der Waals surface area contributed by atoms with E-state index in [1.165, 1.54) is 16.4 Å². The number of anilines is 1. The van der Waals surface area contributed by atoms with Crippen LogP contribution in [0.25, 0.3) is 0 Å². The van der Waals surface area contributed by atoms with Crippen molar-refractivity contribution < 1.29 is 27.1 Å². The van der Waals surface area contributed by atoms with Crippen LogP contribution in [0.4, 0.5) is 14.6 Å². The smallest absolute Gasteiger partial charge is 0.244 e. The zero-order valence-electron chi connectivity index (χ0n) is 19.4. The molecule has 2 aromatic rings. The second-order valence-electron chi connectivity index (χ2n) is 9.69. The van der Waals surface area contributed by atoms with E-state index in [0.717, 1.165) is 11.8 Å². The number of amides is 1. The molecule has 1 aromatic heterocycles. The highest BCUT2D eigenvalue weighted by atomic mass is 35.5. The van der Waals surface area contributed by atoms with Crippen LogP contribution in [0, 0.1) is 17.6 Å². The molecule has 12 heteroatoms. The third-order valence-corrected chi connectivity index (χ3v) is 9.67. The number of halogens is 3. The number of carbonyl (C=O) groups excluding carboxylic acids is 1. The van der Waals surface area contributed by atoms with Gasteiger partial charge in [0.2, 0.25) is 15.9 Å². The fourth-order valence-electron chi connectivity index (χ4n) is 5.18. The molecule has 1 amide bonds. The molecule has 0 radical (unpaired) electrons. The first-order valence-electron chi connectivity index (χ1n) is 11.9. The first-order valence-corrected chi connectivity index (χ1v) is 13.8. The van der Waals surface area contributed by atoms with Gasteiger partial charge in [-0.1, -0.05) is 12.1 Å². The number of nitrogens with zero attached hydrogens (tertiary/aromatic N) is 3. The predicted molar refractivity (Wildman–Crippen MR) is 129 cm³/mol. The van der Waals surface area contributed by atoms with E-state index in [0.29, 0.717) is 25.8 Å². The van der Waals surface area contributed by atoms with Crippen LogP contribution < -0.4 is 10.2 Å². The standard InChI is InChI=1S/C24H27ClF2N4O4S/c25-21-13-30(24-19(9-14-7-17(32)8-14)23(27)20(26)12-29-24)5-6-31(21)36(34,35)18-3-1-15(2-4-18)16-10-22(33)28-11-16/h1-4,12,14,16-17,21,32H,5-11,13H2,(H,28,33)/t14-,16?,17-,21?. The van der Waals surface area contributed by atoms with Gasteiger partial charge < -0.3 is 15.3 Å². The van der Waals surface area contributed by atoms with Crippen LogP contribution in [0.2, 0.25) is 0 Å². The highest BCUT2D eigenvalue weighted by Gasteiger charge is 2.37. The number of aliphatic hydroxyl groups is 1. The predicted octanol–water partition coefficient (Wildman–Crippen LogP) is 2.35. The summed E-state index contributed by atoms with van der Waals surface area (Å²) in [4.78, 5) is 17.4. The Bertz CT molecular complexity index is 1260. The van der Waals surface area contributed by atoms with Crippen molar-refractivity contribution >= 4 is 33.3 Å². The Morgan fingerprint density at radius 1 is 1.17 bits per heavy atom. The minimum absolute atomic E-state index is 0.0135. The number of benzene rings is 1. The average molecular weight is 541 g/mol. The Morgan fingerprint density at radius 2 is 1.89 bits per heavy atom. The first-order chi connectivity index (χ1) is 17.1. The van der Waals surface area contributed by atoms with Gasteiger partial charge in [-0.2, -0.15) is 4.31 Å². The lowest BCUT2D eigenvalue weighted by atomic mass is 9.78. The summed E-state index contributed by atoms with van der Waals surface area (Å²) >= 11 is 6.53. The molecule has 1 saturated carbocycles. The van der Waals surface area contributed by atoms with Crippen molar-refractivity contribution in [3.63, 3.8) is 0 Å². The molecule has 3 aliphatic rings. The molecule has 5 rings (SSSR count). The molecule has 0 spiro atoms.